The number of hydrogen-bond donors (Lipinski definition) is 1. The average molecular weight is 279 g/mol. The first-order chi connectivity index (χ1) is 8.92. The van der Waals surface area contributed by atoms with Crippen LogP contribution in [0.5, 0.6) is 0 Å². The molecule has 0 aliphatic carbocycles. The lowest BCUT2D eigenvalue weighted by molar-refractivity contribution is 0.600. The van der Waals surface area contributed by atoms with Crippen molar-refractivity contribution in [2.75, 3.05) is 4.72 Å². The minimum atomic E-state index is -3.58. The van der Waals surface area contributed by atoms with Crippen molar-refractivity contribution < 1.29 is 8.42 Å². The fraction of sp³-hybridized carbons (Fsp3) is 0.308. The van der Waals surface area contributed by atoms with Crippen LogP contribution in [0.4, 0.5) is 5.69 Å². The molecular formula is C13H17N3O2S. The third kappa shape index (κ3) is 2.96. The summed E-state index contributed by atoms with van der Waals surface area (Å²) >= 11 is 0. The molecule has 1 N–H and O–H groups in total. The van der Waals surface area contributed by atoms with Crippen LogP contribution in [0.3, 0.4) is 0 Å². The number of benzene rings is 1. The predicted octanol–water partition coefficient (Wildman–Crippen LogP) is 2.32. The third-order valence-electron chi connectivity index (χ3n) is 2.79. The fourth-order valence-corrected chi connectivity index (χ4v) is 3.08. The molecule has 0 saturated heterocycles. The molecule has 102 valence electrons. The molecule has 0 spiro atoms. The molecule has 1 aromatic carbocycles. The first-order valence-electron chi connectivity index (χ1n) is 6.06. The first kappa shape index (κ1) is 13.6. The summed E-state index contributed by atoms with van der Waals surface area (Å²) in [5, 5.41) is 4.15. The van der Waals surface area contributed by atoms with Crippen LogP contribution in [0.25, 0.3) is 0 Å². The predicted molar refractivity (Wildman–Crippen MR) is 74.6 cm³/mol. The van der Waals surface area contributed by atoms with Crippen LogP contribution in [0, 0.1) is 13.8 Å². The number of anilines is 1. The van der Waals surface area contributed by atoms with E-state index in [9.17, 15) is 8.42 Å². The van der Waals surface area contributed by atoms with Gasteiger partial charge in [0.15, 0.2) is 0 Å². The molecule has 1 aromatic heterocycles. The van der Waals surface area contributed by atoms with Crippen LogP contribution in [0.2, 0.25) is 0 Å². The summed E-state index contributed by atoms with van der Waals surface area (Å²) in [7, 11) is -3.58. The van der Waals surface area contributed by atoms with Gasteiger partial charge < -0.3 is 0 Å². The van der Waals surface area contributed by atoms with Crippen LogP contribution >= 0.6 is 0 Å². The molecule has 0 fully saturated rings. The van der Waals surface area contributed by atoms with E-state index in [4.69, 9.17) is 0 Å². The zero-order chi connectivity index (χ0) is 14.0. The standard InChI is InChI=1S/C13H17N3O2S/c1-4-16-9-13(11(3)14-16)19(17,18)15-12-7-5-6-10(2)8-12/h5-9,15H,4H2,1-3H3. The van der Waals surface area contributed by atoms with Crippen LogP contribution in [0.15, 0.2) is 35.4 Å². The van der Waals surface area contributed by atoms with Crippen LogP contribution in [-0.4, -0.2) is 18.2 Å². The summed E-state index contributed by atoms with van der Waals surface area (Å²) in [5.41, 5.74) is 2.06. The van der Waals surface area contributed by atoms with Gasteiger partial charge in [0.05, 0.1) is 5.69 Å². The minimum Gasteiger partial charge on any atom is -0.280 e. The summed E-state index contributed by atoms with van der Waals surface area (Å²) in [6, 6.07) is 7.24. The zero-order valence-electron chi connectivity index (χ0n) is 11.2. The van der Waals surface area contributed by atoms with Crippen LogP contribution in [0.1, 0.15) is 18.2 Å². The molecule has 0 atom stereocenters. The van der Waals surface area contributed by atoms with Gasteiger partial charge in [-0.3, -0.25) is 9.40 Å². The van der Waals surface area contributed by atoms with Crippen molar-refractivity contribution in [3.05, 3.63) is 41.7 Å². The number of aromatic nitrogens is 2. The molecule has 0 aliphatic rings. The Labute approximate surface area is 113 Å². The molecule has 5 nitrogen and oxygen atoms in total. The SMILES string of the molecule is CCn1cc(S(=O)(=O)Nc2cccc(C)c2)c(C)n1. The van der Waals surface area contributed by atoms with E-state index in [1.165, 1.54) is 0 Å². The minimum absolute atomic E-state index is 0.218. The number of hydrogen-bond acceptors (Lipinski definition) is 3. The van der Waals surface area contributed by atoms with E-state index in [-0.39, 0.29) is 4.90 Å². The van der Waals surface area contributed by atoms with E-state index in [0.717, 1.165) is 5.56 Å². The monoisotopic (exact) mass is 279 g/mol. The zero-order valence-corrected chi connectivity index (χ0v) is 12.0. The van der Waals surface area contributed by atoms with Crippen molar-refractivity contribution in [3.63, 3.8) is 0 Å². The summed E-state index contributed by atoms with van der Waals surface area (Å²) < 4.78 is 28.8. The lowest BCUT2D eigenvalue weighted by atomic mass is 10.2. The Morgan fingerprint density at radius 2 is 2.05 bits per heavy atom. The molecule has 0 saturated carbocycles. The van der Waals surface area contributed by atoms with E-state index < -0.39 is 10.0 Å². The summed E-state index contributed by atoms with van der Waals surface area (Å²) in [6.45, 7) is 6.16. The molecule has 6 heteroatoms. The Morgan fingerprint density at radius 3 is 2.63 bits per heavy atom. The first-order valence-corrected chi connectivity index (χ1v) is 7.54. The van der Waals surface area contributed by atoms with E-state index in [1.807, 2.05) is 26.0 Å². The average Bonchev–Trinajstić information content (AvgIpc) is 2.71. The lowest BCUT2D eigenvalue weighted by Gasteiger charge is -2.07. The van der Waals surface area contributed by atoms with Gasteiger partial charge in [-0.15, -0.1) is 0 Å². The Morgan fingerprint density at radius 1 is 1.32 bits per heavy atom. The smallest absolute Gasteiger partial charge is 0.265 e. The number of nitrogens with zero attached hydrogens (tertiary/aromatic N) is 2. The van der Waals surface area contributed by atoms with Crippen molar-refractivity contribution in [2.45, 2.75) is 32.2 Å². The summed E-state index contributed by atoms with van der Waals surface area (Å²) in [6.07, 6.45) is 1.55. The molecule has 0 unspecified atom stereocenters. The maximum atomic E-state index is 12.3. The molecule has 0 aliphatic heterocycles. The normalized spacial score (nSPS) is 11.5. The van der Waals surface area contributed by atoms with Gasteiger partial charge in [-0.05, 0) is 38.5 Å². The number of rotatable bonds is 4. The Hall–Kier alpha value is -1.82. The van der Waals surface area contributed by atoms with Gasteiger partial charge in [0.2, 0.25) is 0 Å². The molecule has 19 heavy (non-hydrogen) atoms. The van der Waals surface area contributed by atoms with Crippen molar-refractivity contribution >= 4 is 15.7 Å². The summed E-state index contributed by atoms with van der Waals surface area (Å²) in [4.78, 5) is 0.218. The van der Waals surface area contributed by atoms with Gasteiger partial charge in [0, 0.05) is 18.4 Å². The van der Waals surface area contributed by atoms with E-state index in [0.29, 0.717) is 17.9 Å². The van der Waals surface area contributed by atoms with E-state index >= 15 is 0 Å². The second-order valence-electron chi connectivity index (χ2n) is 4.41. The molecule has 0 bridgehead atoms. The number of sulfonamides is 1. The van der Waals surface area contributed by atoms with Gasteiger partial charge in [-0.25, -0.2) is 8.42 Å². The quantitative estimate of drug-likeness (QED) is 0.934. The molecule has 0 radical (unpaired) electrons. The topological polar surface area (TPSA) is 64.0 Å². The van der Waals surface area contributed by atoms with E-state index in [1.54, 1.807) is 29.9 Å². The maximum absolute atomic E-state index is 12.3. The lowest BCUT2D eigenvalue weighted by Crippen LogP contribution is -2.13. The van der Waals surface area contributed by atoms with Gasteiger partial charge >= 0.3 is 0 Å². The number of aryl methyl sites for hydroxylation is 3. The van der Waals surface area contributed by atoms with Crippen molar-refractivity contribution in [3.8, 4) is 0 Å². The Kier molecular flexibility index (Phi) is 3.61. The highest BCUT2D eigenvalue weighted by Crippen LogP contribution is 2.19. The van der Waals surface area contributed by atoms with Gasteiger partial charge in [0.25, 0.3) is 10.0 Å². The van der Waals surface area contributed by atoms with E-state index in [2.05, 4.69) is 9.82 Å². The fourth-order valence-electron chi connectivity index (χ4n) is 1.84. The molecule has 2 rings (SSSR count). The van der Waals surface area contributed by atoms with Gasteiger partial charge in [0.1, 0.15) is 4.90 Å². The third-order valence-corrected chi connectivity index (χ3v) is 4.27. The van der Waals surface area contributed by atoms with Gasteiger partial charge in [-0.2, -0.15) is 5.10 Å². The molecule has 1 heterocycles. The highest BCUT2D eigenvalue weighted by molar-refractivity contribution is 7.92. The maximum Gasteiger partial charge on any atom is 0.265 e. The summed E-state index contributed by atoms with van der Waals surface area (Å²) in [5.74, 6) is 0. The number of nitrogens with one attached hydrogen (secondary N) is 1. The second-order valence-corrected chi connectivity index (χ2v) is 6.06. The van der Waals surface area contributed by atoms with Crippen molar-refractivity contribution in [1.29, 1.82) is 0 Å². The van der Waals surface area contributed by atoms with Crippen LogP contribution in [-0.2, 0) is 16.6 Å². The second kappa shape index (κ2) is 5.05. The Balaban J connectivity index is 2.34. The van der Waals surface area contributed by atoms with Crippen LogP contribution < -0.4 is 4.72 Å². The van der Waals surface area contributed by atoms with Gasteiger partial charge in [-0.1, -0.05) is 12.1 Å². The van der Waals surface area contributed by atoms with Crippen molar-refractivity contribution in [1.82, 2.24) is 9.78 Å². The highest BCUT2D eigenvalue weighted by atomic mass is 32.2. The van der Waals surface area contributed by atoms with Crippen molar-refractivity contribution in [2.24, 2.45) is 0 Å². The molecular weight excluding hydrogens is 262 g/mol. The Bertz CT molecular complexity index is 690. The highest BCUT2D eigenvalue weighted by Gasteiger charge is 2.20. The molecule has 0 amide bonds. The largest absolute Gasteiger partial charge is 0.280 e. The molecule has 2 aromatic rings.